The van der Waals surface area contributed by atoms with E-state index in [1.807, 2.05) is 18.2 Å². The molecule has 1 aromatic carbocycles. The van der Waals surface area contributed by atoms with Crippen molar-refractivity contribution >= 4 is 0 Å². The highest BCUT2D eigenvalue weighted by Crippen LogP contribution is 2.20. The molecule has 1 fully saturated rings. The van der Waals surface area contributed by atoms with Crippen molar-refractivity contribution in [3.05, 3.63) is 46.8 Å². The summed E-state index contributed by atoms with van der Waals surface area (Å²) in [6.07, 6.45) is 2.56. The molecular weight excluding hydrogens is 252 g/mol. The maximum Gasteiger partial charge on any atom is 0.174 e. The van der Waals surface area contributed by atoms with Crippen molar-refractivity contribution in [3.8, 4) is 5.75 Å². The summed E-state index contributed by atoms with van der Waals surface area (Å²) in [6.45, 7) is 5.32. The molecule has 106 valence electrons. The molecule has 0 amide bonds. The van der Waals surface area contributed by atoms with Crippen LogP contribution in [0.25, 0.3) is 0 Å². The van der Waals surface area contributed by atoms with Crippen LogP contribution in [0.5, 0.6) is 5.75 Å². The first-order valence-electron chi connectivity index (χ1n) is 7.08. The molecule has 1 saturated carbocycles. The standard InChI is InChI=1S/C16H20N2O2/c1-11-5-12(2)7-15(6-11)19-10-16-8-14(18-20-16)9-17-13-3-4-13/h5-8,13,17H,3-4,9-10H2,1-2H3. The van der Waals surface area contributed by atoms with E-state index >= 15 is 0 Å². The molecule has 1 N–H and O–H groups in total. The molecule has 0 aliphatic heterocycles. The van der Waals surface area contributed by atoms with Crippen molar-refractivity contribution in [2.45, 2.75) is 45.9 Å². The zero-order valence-electron chi connectivity index (χ0n) is 12.0. The smallest absolute Gasteiger partial charge is 0.174 e. The van der Waals surface area contributed by atoms with Crippen LogP contribution in [0.1, 0.15) is 35.4 Å². The van der Waals surface area contributed by atoms with E-state index in [0.29, 0.717) is 12.6 Å². The first kappa shape index (κ1) is 13.2. The van der Waals surface area contributed by atoms with Gasteiger partial charge in [0.15, 0.2) is 5.76 Å². The van der Waals surface area contributed by atoms with Crippen LogP contribution in [0.15, 0.2) is 28.8 Å². The second-order valence-corrected chi connectivity index (χ2v) is 5.55. The molecule has 1 aromatic heterocycles. The van der Waals surface area contributed by atoms with Gasteiger partial charge in [-0.15, -0.1) is 0 Å². The monoisotopic (exact) mass is 272 g/mol. The van der Waals surface area contributed by atoms with Gasteiger partial charge in [-0.25, -0.2) is 0 Å². The van der Waals surface area contributed by atoms with Crippen molar-refractivity contribution in [1.29, 1.82) is 0 Å². The summed E-state index contributed by atoms with van der Waals surface area (Å²) in [4.78, 5) is 0. The largest absolute Gasteiger partial charge is 0.486 e. The Morgan fingerprint density at radius 3 is 2.65 bits per heavy atom. The van der Waals surface area contributed by atoms with Crippen LogP contribution >= 0.6 is 0 Å². The number of benzene rings is 1. The lowest BCUT2D eigenvalue weighted by Gasteiger charge is -2.06. The number of rotatable bonds is 6. The van der Waals surface area contributed by atoms with Gasteiger partial charge in [0, 0.05) is 18.7 Å². The molecule has 0 atom stereocenters. The second-order valence-electron chi connectivity index (χ2n) is 5.55. The zero-order chi connectivity index (χ0) is 13.9. The minimum absolute atomic E-state index is 0.416. The Kier molecular flexibility index (Phi) is 3.74. The van der Waals surface area contributed by atoms with E-state index in [-0.39, 0.29) is 0 Å². The Balaban J connectivity index is 1.54. The lowest BCUT2D eigenvalue weighted by Crippen LogP contribution is -2.15. The van der Waals surface area contributed by atoms with Crippen LogP contribution < -0.4 is 10.1 Å². The van der Waals surface area contributed by atoms with Crippen molar-refractivity contribution in [2.75, 3.05) is 0 Å². The summed E-state index contributed by atoms with van der Waals surface area (Å²) in [5.74, 6) is 1.63. The SMILES string of the molecule is Cc1cc(C)cc(OCc2cc(CNC3CC3)no2)c1. The number of aryl methyl sites for hydroxylation is 2. The Hall–Kier alpha value is -1.81. The van der Waals surface area contributed by atoms with Gasteiger partial charge in [-0.05, 0) is 49.9 Å². The maximum absolute atomic E-state index is 5.75. The Morgan fingerprint density at radius 2 is 1.95 bits per heavy atom. The van der Waals surface area contributed by atoms with Crippen molar-refractivity contribution in [3.63, 3.8) is 0 Å². The summed E-state index contributed by atoms with van der Waals surface area (Å²) in [7, 11) is 0. The molecule has 0 saturated heterocycles. The number of hydrogen-bond acceptors (Lipinski definition) is 4. The number of nitrogens with zero attached hydrogens (tertiary/aromatic N) is 1. The number of hydrogen-bond donors (Lipinski definition) is 1. The van der Waals surface area contributed by atoms with E-state index in [1.165, 1.54) is 24.0 Å². The van der Waals surface area contributed by atoms with E-state index < -0.39 is 0 Å². The first-order chi connectivity index (χ1) is 9.69. The molecule has 4 heteroatoms. The van der Waals surface area contributed by atoms with Crippen LogP contribution in [0.2, 0.25) is 0 Å². The second kappa shape index (κ2) is 5.67. The molecule has 1 heterocycles. The lowest BCUT2D eigenvalue weighted by molar-refractivity contribution is 0.248. The molecular formula is C16H20N2O2. The van der Waals surface area contributed by atoms with Crippen molar-refractivity contribution in [2.24, 2.45) is 0 Å². The van der Waals surface area contributed by atoms with Crippen LogP contribution in [0.3, 0.4) is 0 Å². The quantitative estimate of drug-likeness (QED) is 0.877. The predicted octanol–water partition coefficient (Wildman–Crippen LogP) is 3.12. The molecule has 4 nitrogen and oxygen atoms in total. The van der Waals surface area contributed by atoms with Gasteiger partial charge in [0.05, 0.1) is 5.69 Å². The van der Waals surface area contributed by atoms with Gasteiger partial charge in [0.25, 0.3) is 0 Å². The van der Waals surface area contributed by atoms with Crippen molar-refractivity contribution < 1.29 is 9.26 Å². The van der Waals surface area contributed by atoms with Gasteiger partial charge < -0.3 is 14.6 Å². The van der Waals surface area contributed by atoms with E-state index in [1.54, 1.807) is 0 Å². The van der Waals surface area contributed by atoms with E-state index in [0.717, 1.165) is 23.7 Å². The third kappa shape index (κ3) is 3.61. The fourth-order valence-electron chi connectivity index (χ4n) is 2.21. The molecule has 0 spiro atoms. The number of ether oxygens (including phenoxy) is 1. The third-order valence-corrected chi connectivity index (χ3v) is 3.33. The molecule has 0 unspecified atom stereocenters. The molecule has 1 aliphatic rings. The maximum atomic E-state index is 5.75. The lowest BCUT2D eigenvalue weighted by atomic mass is 10.1. The average molecular weight is 272 g/mol. The van der Waals surface area contributed by atoms with Gasteiger partial charge in [-0.2, -0.15) is 0 Å². The number of aromatic nitrogens is 1. The predicted molar refractivity (Wildman–Crippen MR) is 76.6 cm³/mol. The minimum Gasteiger partial charge on any atom is -0.486 e. The topological polar surface area (TPSA) is 47.3 Å². The van der Waals surface area contributed by atoms with Crippen LogP contribution in [-0.2, 0) is 13.2 Å². The summed E-state index contributed by atoms with van der Waals surface area (Å²) in [6, 6.07) is 8.82. The first-order valence-corrected chi connectivity index (χ1v) is 7.08. The van der Waals surface area contributed by atoms with Gasteiger partial charge in [0.1, 0.15) is 12.4 Å². The Morgan fingerprint density at radius 1 is 1.20 bits per heavy atom. The van der Waals surface area contributed by atoms with Gasteiger partial charge in [-0.1, -0.05) is 11.2 Å². The van der Waals surface area contributed by atoms with Gasteiger partial charge in [-0.3, -0.25) is 0 Å². The van der Waals surface area contributed by atoms with E-state index in [2.05, 4.69) is 30.4 Å². The molecule has 0 bridgehead atoms. The average Bonchev–Trinajstić information content (AvgIpc) is 3.12. The molecule has 20 heavy (non-hydrogen) atoms. The highest BCUT2D eigenvalue weighted by Gasteiger charge is 2.20. The van der Waals surface area contributed by atoms with E-state index in [4.69, 9.17) is 9.26 Å². The van der Waals surface area contributed by atoms with Crippen LogP contribution in [-0.4, -0.2) is 11.2 Å². The molecule has 2 aromatic rings. The Bertz CT molecular complexity index is 568. The summed E-state index contributed by atoms with van der Waals surface area (Å²) in [5, 5.41) is 7.46. The van der Waals surface area contributed by atoms with E-state index in [9.17, 15) is 0 Å². The zero-order valence-corrected chi connectivity index (χ0v) is 12.0. The summed E-state index contributed by atoms with van der Waals surface area (Å²) < 4.78 is 11.0. The molecule has 3 rings (SSSR count). The molecule has 1 aliphatic carbocycles. The highest BCUT2D eigenvalue weighted by atomic mass is 16.5. The fourth-order valence-corrected chi connectivity index (χ4v) is 2.21. The summed E-state index contributed by atoms with van der Waals surface area (Å²) >= 11 is 0. The Labute approximate surface area is 119 Å². The fraction of sp³-hybridized carbons (Fsp3) is 0.438. The van der Waals surface area contributed by atoms with Gasteiger partial charge in [0.2, 0.25) is 0 Å². The van der Waals surface area contributed by atoms with Crippen LogP contribution in [0.4, 0.5) is 0 Å². The highest BCUT2D eigenvalue weighted by molar-refractivity contribution is 5.33. The van der Waals surface area contributed by atoms with Gasteiger partial charge >= 0.3 is 0 Å². The third-order valence-electron chi connectivity index (χ3n) is 3.33. The van der Waals surface area contributed by atoms with Crippen molar-refractivity contribution in [1.82, 2.24) is 10.5 Å². The minimum atomic E-state index is 0.416. The number of nitrogens with one attached hydrogen (secondary N) is 1. The summed E-state index contributed by atoms with van der Waals surface area (Å²) in [5.41, 5.74) is 3.34. The molecule has 0 radical (unpaired) electrons. The normalized spacial score (nSPS) is 14.5. The van der Waals surface area contributed by atoms with Crippen LogP contribution in [0, 0.1) is 13.8 Å².